The molecule has 0 aliphatic heterocycles. The molecule has 0 bridgehead atoms. The summed E-state index contributed by atoms with van der Waals surface area (Å²) in [7, 11) is 1.55. The Morgan fingerprint density at radius 2 is 1.86 bits per heavy atom. The molecule has 0 spiro atoms. The van der Waals surface area contributed by atoms with Gasteiger partial charge in [0, 0.05) is 11.5 Å². The third kappa shape index (κ3) is 5.35. The monoisotopic (exact) mass is 486 g/mol. The number of methoxy groups -OCH3 is 1. The normalized spacial score (nSPS) is 11.0. The maximum Gasteiger partial charge on any atom is 0.343 e. The highest BCUT2D eigenvalue weighted by atomic mass is 16.5. The number of nitrogens with zero attached hydrogens (tertiary/aromatic N) is 3. The van der Waals surface area contributed by atoms with Crippen LogP contribution in [0.4, 0.5) is 5.82 Å². The molecule has 0 fully saturated rings. The lowest BCUT2D eigenvalue weighted by molar-refractivity contribution is -0.111. The number of nitrogens with one attached hydrogen (secondary N) is 1. The Morgan fingerprint density at radius 3 is 2.64 bits per heavy atom. The number of rotatable bonds is 9. The first-order valence-electron chi connectivity index (χ1n) is 11.4. The Hall–Kier alpha value is -4.66. The molecule has 36 heavy (non-hydrogen) atoms. The summed E-state index contributed by atoms with van der Waals surface area (Å²) in [6.45, 7) is 4.29. The molecule has 0 aliphatic rings. The van der Waals surface area contributed by atoms with Crippen LogP contribution in [0.5, 0.6) is 11.5 Å². The molecule has 0 saturated heterocycles. The van der Waals surface area contributed by atoms with E-state index in [2.05, 4.69) is 15.4 Å². The summed E-state index contributed by atoms with van der Waals surface area (Å²) in [6, 6.07) is 16.6. The third-order valence-electron chi connectivity index (χ3n) is 5.22. The van der Waals surface area contributed by atoms with E-state index >= 15 is 0 Å². The van der Waals surface area contributed by atoms with Crippen molar-refractivity contribution in [2.75, 3.05) is 25.6 Å². The van der Waals surface area contributed by atoms with Crippen molar-refractivity contribution in [2.24, 2.45) is 0 Å². The first-order valence-corrected chi connectivity index (χ1v) is 11.4. The lowest BCUT2D eigenvalue weighted by Crippen LogP contribution is -2.16. The van der Waals surface area contributed by atoms with Gasteiger partial charge in [0.15, 0.2) is 23.1 Å². The highest BCUT2D eigenvalue weighted by Crippen LogP contribution is 2.28. The van der Waals surface area contributed by atoms with Gasteiger partial charge in [-0.25, -0.2) is 9.78 Å². The number of esters is 1. The van der Waals surface area contributed by atoms with Gasteiger partial charge in [0.2, 0.25) is 5.91 Å². The lowest BCUT2D eigenvalue weighted by atomic mass is 10.2. The van der Waals surface area contributed by atoms with Crippen LogP contribution < -0.4 is 14.8 Å². The number of hydrogen-bond donors (Lipinski definition) is 1. The van der Waals surface area contributed by atoms with Crippen molar-refractivity contribution in [1.29, 1.82) is 0 Å². The lowest BCUT2D eigenvalue weighted by Gasteiger charge is -2.10. The van der Waals surface area contributed by atoms with Crippen molar-refractivity contribution in [3.63, 3.8) is 0 Å². The molecular weight excluding hydrogens is 460 g/mol. The minimum absolute atomic E-state index is 0.122. The molecule has 2 heterocycles. The summed E-state index contributed by atoms with van der Waals surface area (Å²) >= 11 is 0. The molecule has 1 N–H and O–H groups in total. The molecule has 9 nitrogen and oxygen atoms in total. The predicted octanol–water partition coefficient (Wildman–Crippen LogP) is 4.66. The maximum absolute atomic E-state index is 12.9. The molecule has 2 aromatic heterocycles. The van der Waals surface area contributed by atoms with Gasteiger partial charge in [0.1, 0.15) is 5.56 Å². The highest BCUT2D eigenvalue weighted by Gasteiger charge is 2.21. The van der Waals surface area contributed by atoms with Crippen molar-refractivity contribution >= 4 is 34.7 Å². The van der Waals surface area contributed by atoms with Crippen molar-refractivity contribution in [2.45, 2.75) is 13.8 Å². The van der Waals surface area contributed by atoms with E-state index in [1.54, 1.807) is 38.3 Å². The van der Waals surface area contributed by atoms with Crippen molar-refractivity contribution in [3.05, 3.63) is 78.0 Å². The minimum Gasteiger partial charge on any atom is -0.493 e. The molecule has 184 valence electrons. The van der Waals surface area contributed by atoms with E-state index in [0.717, 1.165) is 16.5 Å². The summed E-state index contributed by atoms with van der Waals surface area (Å²) < 4.78 is 17.4. The first kappa shape index (κ1) is 24.5. The van der Waals surface area contributed by atoms with E-state index in [0.29, 0.717) is 23.9 Å². The van der Waals surface area contributed by atoms with E-state index in [9.17, 15) is 9.59 Å². The smallest absolute Gasteiger partial charge is 0.343 e. The van der Waals surface area contributed by atoms with Gasteiger partial charge in [-0.1, -0.05) is 24.3 Å². The number of ether oxygens (including phenoxy) is 3. The average Bonchev–Trinajstić information content (AvgIpc) is 3.31. The van der Waals surface area contributed by atoms with Crippen LogP contribution in [0.15, 0.2) is 66.9 Å². The summed E-state index contributed by atoms with van der Waals surface area (Å²) in [5.74, 6) is 0.725. The quantitative estimate of drug-likeness (QED) is 0.271. The van der Waals surface area contributed by atoms with Gasteiger partial charge in [-0.05, 0) is 55.8 Å². The Morgan fingerprint density at radius 1 is 1.03 bits per heavy atom. The summed E-state index contributed by atoms with van der Waals surface area (Å²) in [5.41, 5.74) is 1.61. The van der Waals surface area contributed by atoms with Crippen LogP contribution in [-0.2, 0) is 9.53 Å². The molecule has 2 aromatic carbocycles. The number of anilines is 1. The fourth-order valence-electron chi connectivity index (χ4n) is 3.57. The van der Waals surface area contributed by atoms with Gasteiger partial charge in [0.05, 0.1) is 32.0 Å². The largest absolute Gasteiger partial charge is 0.493 e. The predicted molar refractivity (Wildman–Crippen MR) is 137 cm³/mol. The summed E-state index contributed by atoms with van der Waals surface area (Å²) in [4.78, 5) is 30.0. The Balaban J connectivity index is 1.63. The van der Waals surface area contributed by atoms with Crippen LogP contribution in [0.1, 0.15) is 29.8 Å². The van der Waals surface area contributed by atoms with Gasteiger partial charge in [-0.2, -0.15) is 9.78 Å². The number of aromatic nitrogens is 3. The van der Waals surface area contributed by atoms with Crippen molar-refractivity contribution in [3.8, 4) is 17.3 Å². The van der Waals surface area contributed by atoms with Crippen LogP contribution >= 0.6 is 0 Å². The van der Waals surface area contributed by atoms with Crippen LogP contribution in [0, 0.1) is 0 Å². The number of carbonyl (C=O) groups excluding carboxylic acids is 2. The van der Waals surface area contributed by atoms with Crippen LogP contribution in [0.25, 0.3) is 22.8 Å². The van der Waals surface area contributed by atoms with Gasteiger partial charge in [-0.3, -0.25) is 4.79 Å². The maximum atomic E-state index is 12.9. The number of pyridine rings is 1. The van der Waals surface area contributed by atoms with E-state index in [-0.39, 0.29) is 18.0 Å². The fourth-order valence-corrected chi connectivity index (χ4v) is 3.57. The molecule has 4 rings (SSSR count). The zero-order valence-corrected chi connectivity index (χ0v) is 20.2. The van der Waals surface area contributed by atoms with Gasteiger partial charge in [0.25, 0.3) is 0 Å². The Labute approximate surface area is 208 Å². The standard InChI is InChI=1S/C27H26N4O5/c1-4-35-22-13-10-18(16-23(22)34-3)11-15-25(32)30-26-20(27(33)36-5-2)17-28-31(26)24-14-12-19-8-6-7-9-21(19)29-24/h6-17H,4-5H2,1-3H3,(H,30,32)/b15-11+. The molecule has 0 unspecified atom stereocenters. The second-order valence-electron chi connectivity index (χ2n) is 7.57. The molecular formula is C27H26N4O5. The minimum atomic E-state index is -0.597. The van der Waals surface area contributed by atoms with Crippen LogP contribution in [0.3, 0.4) is 0 Å². The van der Waals surface area contributed by atoms with Gasteiger partial charge >= 0.3 is 5.97 Å². The van der Waals surface area contributed by atoms with E-state index in [4.69, 9.17) is 14.2 Å². The van der Waals surface area contributed by atoms with Crippen molar-refractivity contribution < 1.29 is 23.8 Å². The molecule has 0 atom stereocenters. The second-order valence-corrected chi connectivity index (χ2v) is 7.57. The van der Waals surface area contributed by atoms with Gasteiger partial charge in [-0.15, -0.1) is 0 Å². The average molecular weight is 487 g/mol. The number of para-hydroxylation sites is 1. The van der Waals surface area contributed by atoms with Crippen LogP contribution in [0.2, 0.25) is 0 Å². The zero-order chi connectivity index (χ0) is 25.5. The zero-order valence-electron chi connectivity index (χ0n) is 20.2. The van der Waals surface area contributed by atoms with Gasteiger partial charge < -0.3 is 19.5 Å². The van der Waals surface area contributed by atoms with Crippen LogP contribution in [-0.4, -0.2) is 47.0 Å². The number of fused-ring (bicyclic) bond motifs is 1. The van der Waals surface area contributed by atoms with E-state index < -0.39 is 11.9 Å². The molecule has 4 aromatic rings. The molecule has 0 saturated carbocycles. The first-order chi connectivity index (χ1) is 17.5. The highest BCUT2D eigenvalue weighted by molar-refractivity contribution is 6.05. The third-order valence-corrected chi connectivity index (χ3v) is 5.22. The number of amides is 1. The fraction of sp³-hybridized carbons (Fsp3) is 0.185. The molecule has 1 amide bonds. The van der Waals surface area contributed by atoms with E-state index in [1.807, 2.05) is 43.3 Å². The molecule has 0 radical (unpaired) electrons. The van der Waals surface area contributed by atoms with Crippen molar-refractivity contribution in [1.82, 2.24) is 14.8 Å². The number of benzene rings is 2. The second kappa shape index (κ2) is 11.2. The summed E-state index contributed by atoms with van der Waals surface area (Å²) in [6.07, 6.45) is 4.34. The Bertz CT molecular complexity index is 1430. The molecule has 9 heteroatoms. The molecule has 0 aliphatic carbocycles. The Kier molecular flexibility index (Phi) is 7.60. The SMILES string of the molecule is CCOC(=O)c1cnn(-c2ccc3ccccc3n2)c1NC(=O)/C=C/c1ccc(OCC)c(OC)c1. The topological polar surface area (TPSA) is 105 Å². The van der Waals surface area contributed by atoms with E-state index in [1.165, 1.54) is 17.0 Å². The number of carbonyl (C=O) groups is 2. The number of hydrogen-bond acceptors (Lipinski definition) is 7. The summed E-state index contributed by atoms with van der Waals surface area (Å²) in [5, 5.41) is 8.01.